The van der Waals surface area contributed by atoms with Gasteiger partial charge in [-0.25, -0.2) is 4.98 Å². The predicted molar refractivity (Wildman–Crippen MR) is 73.2 cm³/mol. The van der Waals surface area contributed by atoms with Crippen LogP contribution in [0.3, 0.4) is 0 Å². The first kappa shape index (κ1) is 13.3. The van der Waals surface area contributed by atoms with Crippen LogP contribution in [-0.2, 0) is 6.42 Å². The maximum Gasteiger partial charge on any atom is 0.126 e. The zero-order valence-corrected chi connectivity index (χ0v) is 11.3. The molecule has 1 saturated heterocycles. The largest absolute Gasteiger partial charge is 0.391 e. The number of pyridine rings is 1. The summed E-state index contributed by atoms with van der Waals surface area (Å²) in [6.45, 7) is 6.37. The summed E-state index contributed by atoms with van der Waals surface area (Å²) in [6.07, 6.45) is 4.26. The van der Waals surface area contributed by atoms with Gasteiger partial charge in [-0.2, -0.15) is 0 Å². The Bertz CT molecular complexity index is 400. The van der Waals surface area contributed by atoms with Crippen molar-refractivity contribution >= 4 is 5.82 Å². The van der Waals surface area contributed by atoms with Crippen molar-refractivity contribution in [2.75, 3.05) is 18.8 Å². The van der Waals surface area contributed by atoms with Gasteiger partial charge in [0.25, 0.3) is 0 Å². The quantitative estimate of drug-likeness (QED) is 0.847. The minimum Gasteiger partial charge on any atom is -0.391 e. The molecule has 0 aliphatic carbocycles. The molecule has 0 aromatic carbocycles. The van der Waals surface area contributed by atoms with E-state index in [-0.39, 0.29) is 5.54 Å². The lowest BCUT2D eigenvalue weighted by atomic mass is 9.90. The summed E-state index contributed by atoms with van der Waals surface area (Å²) < 4.78 is 0. The topological polar surface area (TPSA) is 62.4 Å². The molecule has 1 aliphatic rings. The fourth-order valence-corrected chi connectivity index (χ4v) is 2.59. The van der Waals surface area contributed by atoms with E-state index in [4.69, 9.17) is 5.73 Å². The fourth-order valence-electron chi connectivity index (χ4n) is 2.59. The minimum absolute atomic E-state index is 0.210. The zero-order valence-electron chi connectivity index (χ0n) is 11.3. The lowest BCUT2D eigenvalue weighted by Gasteiger charge is -2.39. The molecule has 0 radical (unpaired) electrons. The second-order valence-electron chi connectivity index (χ2n) is 5.62. The van der Waals surface area contributed by atoms with Crippen LogP contribution < -0.4 is 5.73 Å². The molecule has 0 saturated carbocycles. The Morgan fingerprint density at radius 2 is 2.11 bits per heavy atom. The van der Waals surface area contributed by atoms with Gasteiger partial charge in [-0.1, -0.05) is 6.07 Å². The molecule has 4 nitrogen and oxygen atoms in total. The highest BCUT2D eigenvalue weighted by atomic mass is 16.3. The number of nitrogen functional groups attached to an aromatic ring is 1. The van der Waals surface area contributed by atoms with Crippen LogP contribution in [0.5, 0.6) is 0 Å². The van der Waals surface area contributed by atoms with Crippen LogP contribution in [-0.4, -0.2) is 39.7 Å². The van der Waals surface area contributed by atoms with Crippen molar-refractivity contribution in [3.05, 3.63) is 23.9 Å². The van der Waals surface area contributed by atoms with E-state index in [0.29, 0.717) is 12.2 Å². The van der Waals surface area contributed by atoms with Crippen molar-refractivity contribution in [3.8, 4) is 0 Å². The van der Waals surface area contributed by atoms with Crippen LogP contribution in [0, 0.1) is 0 Å². The average Bonchev–Trinajstić information content (AvgIpc) is 2.86. The maximum absolute atomic E-state index is 10.5. The zero-order chi connectivity index (χ0) is 13.2. The standard InChI is InChI=1S/C14H23N3O/c1-14(2,17-8-3-4-9-17)12(18)10-11-6-5-7-16-13(11)15/h5-7,12,18H,3-4,8-10H2,1-2H3,(H2,15,16). The molecule has 0 amide bonds. The van der Waals surface area contributed by atoms with Crippen molar-refractivity contribution in [2.24, 2.45) is 0 Å². The number of hydrogen-bond acceptors (Lipinski definition) is 4. The molecule has 1 unspecified atom stereocenters. The summed E-state index contributed by atoms with van der Waals surface area (Å²) in [5, 5.41) is 10.5. The molecule has 18 heavy (non-hydrogen) atoms. The van der Waals surface area contributed by atoms with Crippen molar-refractivity contribution in [2.45, 2.75) is 44.8 Å². The number of likely N-dealkylation sites (tertiary alicyclic amines) is 1. The van der Waals surface area contributed by atoms with Gasteiger partial charge in [-0.15, -0.1) is 0 Å². The molecule has 1 aliphatic heterocycles. The Morgan fingerprint density at radius 1 is 1.44 bits per heavy atom. The van der Waals surface area contributed by atoms with Crippen LogP contribution in [0.1, 0.15) is 32.3 Å². The molecule has 1 aromatic heterocycles. The molecule has 1 aromatic rings. The lowest BCUT2D eigenvalue weighted by molar-refractivity contribution is 0.00343. The SMILES string of the molecule is CC(C)(C(O)Cc1cccnc1N)N1CCCC1. The summed E-state index contributed by atoms with van der Waals surface area (Å²) in [7, 11) is 0. The van der Waals surface area contributed by atoms with E-state index < -0.39 is 6.10 Å². The molecule has 4 heteroatoms. The van der Waals surface area contributed by atoms with Gasteiger partial charge in [-0.05, 0) is 51.4 Å². The Balaban J connectivity index is 2.07. The van der Waals surface area contributed by atoms with Gasteiger partial charge in [-0.3, -0.25) is 4.90 Å². The molecule has 0 bridgehead atoms. The monoisotopic (exact) mass is 249 g/mol. The third-order valence-electron chi connectivity index (χ3n) is 4.08. The van der Waals surface area contributed by atoms with Crippen LogP contribution >= 0.6 is 0 Å². The molecule has 1 fully saturated rings. The van der Waals surface area contributed by atoms with Crippen molar-refractivity contribution in [1.29, 1.82) is 0 Å². The third kappa shape index (κ3) is 2.65. The predicted octanol–water partition coefficient (Wildman–Crippen LogP) is 1.44. The molecule has 0 spiro atoms. The number of nitrogens with zero attached hydrogens (tertiary/aromatic N) is 2. The summed E-state index contributed by atoms with van der Waals surface area (Å²) in [5.74, 6) is 0.522. The first-order chi connectivity index (χ1) is 8.51. The van der Waals surface area contributed by atoms with E-state index in [1.165, 1.54) is 12.8 Å². The van der Waals surface area contributed by atoms with Crippen molar-refractivity contribution in [3.63, 3.8) is 0 Å². The summed E-state index contributed by atoms with van der Waals surface area (Å²) >= 11 is 0. The molecular formula is C14H23N3O. The fraction of sp³-hybridized carbons (Fsp3) is 0.643. The highest BCUT2D eigenvalue weighted by Gasteiger charge is 2.35. The van der Waals surface area contributed by atoms with E-state index >= 15 is 0 Å². The first-order valence-electron chi connectivity index (χ1n) is 6.64. The molecule has 2 rings (SSSR count). The van der Waals surface area contributed by atoms with Gasteiger partial charge in [0.05, 0.1) is 6.10 Å². The van der Waals surface area contributed by atoms with Crippen LogP contribution in [0.25, 0.3) is 0 Å². The molecular weight excluding hydrogens is 226 g/mol. The second-order valence-corrected chi connectivity index (χ2v) is 5.62. The Kier molecular flexibility index (Phi) is 3.88. The van der Waals surface area contributed by atoms with E-state index in [0.717, 1.165) is 18.7 Å². The van der Waals surface area contributed by atoms with Crippen LogP contribution in [0.2, 0.25) is 0 Å². The average molecular weight is 249 g/mol. The van der Waals surface area contributed by atoms with Gasteiger partial charge in [0.1, 0.15) is 5.82 Å². The van der Waals surface area contributed by atoms with Crippen LogP contribution in [0.4, 0.5) is 5.82 Å². The molecule has 100 valence electrons. The van der Waals surface area contributed by atoms with Crippen molar-refractivity contribution in [1.82, 2.24) is 9.88 Å². The summed E-state index contributed by atoms with van der Waals surface area (Å²) in [6, 6.07) is 3.80. The Hall–Kier alpha value is -1.13. The minimum atomic E-state index is -0.429. The summed E-state index contributed by atoms with van der Waals surface area (Å²) in [5.41, 5.74) is 6.55. The van der Waals surface area contributed by atoms with Gasteiger partial charge in [0, 0.05) is 18.2 Å². The van der Waals surface area contributed by atoms with Gasteiger partial charge >= 0.3 is 0 Å². The second kappa shape index (κ2) is 5.24. The number of rotatable bonds is 4. The Labute approximate surface area is 109 Å². The van der Waals surface area contributed by atoms with Gasteiger partial charge in [0.15, 0.2) is 0 Å². The third-order valence-corrected chi connectivity index (χ3v) is 4.08. The lowest BCUT2D eigenvalue weighted by Crippen LogP contribution is -2.52. The van der Waals surface area contributed by atoms with E-state index in [1.54, 1.807) is 6.20 Å². The van der Waals surface area contributed by atoms with Crippen molar-refractivity contribution < 1.29 is 5.11 Å². The van der Waals surface area contributed by atoms with Gasteiger partial charge in [0.2, 0.25) is 0 Å². The Morgan fingerprint density at radius 3 is 2.72 bits per heavy atom. The molecule has 2 heterocycles. The number of aliphatic hydroxyl groups excluding tert-OH is 1. The highest BCUT2D eigenvalue weighted by molar-refractivity contribution is 5.39. The van der Waals surface area contributed by atoms with Crippen LogP contribution in [0.15, 0.2) is 18.3 Å². The molecule has 3 N–H and O–H groups in total. The van der Waals surface area contributed by atoms with Gasteiger partial charge < -0.3 is 10.8 Å². The maximum atomic E-state index is 10.5. The number of hydrogen-bond donors (Lipinski definition) is 2. The number of aromatic nitrogens is 1. The van der Waals surface area contributed by atoms with E-state index in [1.807, 2.05) is 12.1 Å². The smallest absolute Gasteiger partial charge is 0.126 e. The normalized spacial score (nSPS) is 19.1. The first-order valence-corrected chi connectivity index (χ1v) is 6.64. The number of anilines is 1. The molecule has 1 atom stereocenters. The van der Waals surface area contributed by atoms with E-state index in [2.05, 4.69) is 23.7 Å². The summed E-state index contributed by atoms with van der Waals surface area (Å²) in [4.78, 5) is 6.43. The number of aliphatic hydroxyl groups is 1. The van der Waals surface area contributed by atoms with E-state index in [9.17, 15) is 5.11 Å². The number of nitrogens with two attached hydrogens (primary N) is 1. The highest BCUT2D eigenvalue weighted by Crippen LogP contribution is 2.26.